The molecule has 0 aromatic heterocycles. The second-order valence-corrected chi connectivity index (χ2v) is 8.95. The summed E-state index contributed by atoms with van der Waals surface area (Å²) in [5.41, 5.74) is 2.13. The first kappa shape index (κ1) is 25.1. The lowest BCUT2D eigenvalue weighted by Crippen LogP contribution is -2.14. The standard InChI is InChI=1S/C29H23IN2O4/c1-34-26-13-6-5-12-25(26)32-29(33)22(17-31)14-19-15-24(30)28(27(16-19)35-2)36-18-21-10-7-9-20-8-3-4-11-23(20)21/h3-16H,18H2,1-2H3,(H,32,33)/b22-14+. The Hall–Kier alpha value is -4.03. The van der Waals surface area contributed by atoms with Crippen LogP contribution in [0.3, 0.4) is 0 Å². The highest BCUT2D eigenvalue weighted by molar-refractivity contribution is 14.1. The number of nitrogens with zero attached hydrogens (tertiary/aromatic N) is 1. The first-order valence-corrected chi connectivity index (χ1v) is 12.1. The number of ether oxygens (including phenoxy) is 3. The van der Waals surface area contributed by atoms with Crippen molar-refractivity contribution >= 4 is 51.0 Å². The molecule has 0 atom stereocenters. The predicted molar refractivity (Wildman–Crippen MR) is 149 cm³/mol. The average molecular weight is 590 g/mol. The van der Waals surface area contributed by atoms with Crippen molar-refractivity contribution in [2.75, 3.05) is 19.5 Å². The van der Waals surface area contributed by atoms with E-state index in [2.05, 4.69) is 46.1 Å². The van der Waals surface area contributed by atoms with E-state index in [1.54, 1.807) is 37.4 Å². The molecule has 1 N–H and O–H groups in total. The lowest BCUT2D eigenvalue weighted by atomic mass is 10.1. The third-order valence-electron chi connectivity index (χ3n) is 5.53. The van der Waals surface area contributed by atoms with Crippen LogP contribution in [0.2, 0.25) is 0 Å². The molecular weight excluding hydrogens is 567 g/mol. The number of hydrogen-bond acceptors (Lipinski definition) is 5. The molecule has 4 aromatic carbocycles. The Bertz CT molecular complexity index is 1490. The van der Waals surface area contributed by atoms with Gasteiger partial charge < -0.3 is 19.5 Å². The Balaban J connectivity index is 1.57. The van der Waals surface area contributed by atoms with Crippen molar-refractivity contribution in [3.63, 3.8) is 0 Å². The number of nitrogens with one attached hydrogen (secondary N) is 1. The summed E-state index contributed by atoms with van der Waals surface area (Å²) in [6.45, 7) is 0.369. The van der Waals surface area contributed by atoms with Crippen molar-refractivity contribution < 1.29 is 19.0 Å². The normalized spacial score (nSPS) is 11.0. The SMILES string of the molecule is COc1ccccc1NC(=O)/C(C#N)=C/c1cc(I)c(OCc2cccc3ccccc23)c(OC)c1. The molecule has 0 unspecified atom stereocenters. The Morgan fingerprint density at radius 1 is 0.972 bits per heavy atom. The second-order valence-electron chi connectivity index (χ2n) is 7.79. The maximum absolute atomic E-state index is 12.8. The van der Waals surface area contributed by atoms with Gasteiger partial charge in [0.1, 0.15) is 24.0 Å². The van der Waals surface area contributed by atoms with Gasteiger partial charge in [-0.3, -0.25) is 4.79 Å². The lowest BCUT2D eigenvalue weighted by Gasteiger charge is -2.15. The third kappa shape index (κ3) is 5.61. The molecule has 36 heavy (non-hydrogen) atoms. The van der Waals surface area contributed by atoms with Gasteiger partial charge >= 0.3 is 0 Å². The van der Waals surface area contributed by atoms with Gasteiger partial charge in [0.2, 0.25) is 0 Å². The van der Waals surface area contributed by atoms with E-state index < -0.39 is 5.91 Å². The topological polar surface area (TPSA) is 80.6 Å². The molecule has 7 heteroatoms. The zero-order chi connectivity index (χ0) is 25.5. The number of carbonyl (C=O) groups excluding carboxylic acids is 1. The van der Waals surface area contributed by atoms with Crippen LogP contribution in [0.1, 0.15) is 11.1 Å². The first-order chi connectivity index (χ1) is 17.5. The van der Waals surface area contributed by atoms with Crippen LogP contribution in [-0.4, -0.2) is 20.1 Å². The molecule has 0 bridgehead atoms. The van der Waals surface area contributed by atoms with Crippen LogP contribution in [0, 0.1) is 14.9 Å². The van der Waals surface area contributed by atoms with Crippen molar-refractivity contribution in [3.05, 3.63) is 99.1 Å². The molecule has 6 nitrogen and oxygen atoms in total. The van der Waals surface area contributed by atoms with Crippen LogP contribution in [0.15, 0.2) is 84.4 Å². The van der Waals surface area contributed by atoms with Crippen LogP contribution >= 0.6 is 22.6 Å². The zero-order valence-electron chi connectivity index (χ0n) is 19.7. The Morgan fingerprint density at radius 2 is 1.69 bits per heavy atom. The van der Waals surface area contributed by atoms with Crippen LogP contribution in [-0.2, 0) is 11.4 Å². The Labute approximate surface area is 223 Å². The number of methoxy groups -OCH3 is 2. The number of benzene rings is 4. The smallest absolute Gasteiger partial charge is 0.266 e. The van der Waals surface area contributed by atoms with Gasteiger partial charge in [-0.25, -0.2) is 0 Å². The third-order valence-corrected chi connectivity index (χ3v) is 6.34. The van der Waals surface area contributed by atoms with Gasteiger partial charge in [0.05, 0.1) is 23.5 Å². The monoisotopic (exact) mass is 590 g/mol. The fraction of sp³-hybridized carbons (Fsp3) is 0.103. The minimum Gasteiger partial charge on any atom is -0.495 e. The molecule has 0 aliphatic heterocycles. The molecule has 0 aliphatic carbocycles. The highest BCUT2D eigenvalue weighted by Gasteiger charge is 2.16. The first-order valence-electron chi connectivity index (χ1n) is 11.1. The highest BCUT2D eigenvalue weighted by Crippen LogP contribution is 2.36. The zero-order valence-corrected chi connectivity index (χ0v) is 21.9. The lowest BCUT2D eigenvalue weighted by molar-refractivity contribution is -0.112. The minimum atomic E-state index is -0.535. The molecule has 0 spiro atoms. The van der Waals surface area contributed by atoms with Gasteiger partial charge in [-0.1, -0.05) is 54.6 Å². The van der Waals surface area contributed by atoms with Crippen LogP contribution in [0.4, 0.5) is 5.69 Å². The molecule has 0 fully saturated rings. The number of anilines is 1. The van der Waals surface area contributed by atoms with Crippen molar-refractivity contribution in [3.8, 4) is 23.3 Å². The number of para-hydroxylation sites is 2. The van der Waals surface area contributed by atoms with Crippen molar-refractivity contribution in [2.24, 2.45) is 0 Å². The van der Waals surface area contributed by atoms with Gasteiger partial charge in [-0.15, -0.1) is 0 Å². The van der Waals surface area contributed by atoms with E-state index in [9.17, 15) is 10.1 Å². The van der Waals surface area contributed by atoms with Gasteiger partial charge in [0, 0.05) is 0 Å². The molecule has 4 rings (SSSR count). The highest BCUT2D eigenvalue weighted by atomic mass is 127. The van der Waals surface area contributed by atoms with E-state index in [4.69, 9.17) is 14.2 Å². The minimum absolute atomic E-state index is 0.0526. The van der Waals surface area contributed by atoms with Gasteiger partial charge in [-0.2, -0.15) is 5.26 Å². The molecule has 0 heterocycles. The summed E-state index contributed by atoms with van der Waals surface area (Å²) in [7, 11) is 3.08. The van der Waals surface area contributed by atoms with E-state index in [-0.39, 0.29) is 5.57 Å². The van der Waals surface area contributed by atoms with Crippen LogP contribution in [0.5, 0.6) is 17.2 Å². The fourth-order valence-electron chi connectivity index (χ4n) is 3.78. The summed E-state index contributed by atoms with van der Waals surface area (Å²) < 4.78 is 17.8. The molecular formula is C29H23IN2O4. The predicted octanol–water partition coefficient (Wildman–Crippen LogP) is 6.59. The van der Waals surface area contributed by atoms with E-state index in [1.165, 1.54) is 13.2 Å². The van der Waals surface area contributed by atoms with Gasteiger partial charge in [-0.05, 0) is 74.8 Å². The van der Waals surface area contributed by atoms with E-state index in [0.29, 0.717) is 35.1 Å². The summed E-state index contributed by atoms with van der Waals surface area (Å²) in [4.78, 5) is 12.8. The molecule has 1 amide bonds. The number of hydrogen-bond donors (Lipinski definition) is 1. The summed E-state index contributed by atoms with van der Waals surface area (Å²) >= 11 is 2.17. The van der Waals surface area contributed by atoms with Crippen LogP contribution in [0.25, 0.3) is 16.8 Å². The number of carbonyl (C=O) groups is 1. The quantitative estimate of drug-likeness (QED) is 0.142. The van der Waals surface area contributed by atoms with Crippen LogP contribution < -0.4 is 19.5 Å². The number of halogens is 1. The van der Waals surface area contributed by atoms with Crippen molar-refractivity contribution in [2.45, 2.75) is 6.61 Å². The number of amides is 1. The van der Waals surface area contributed by atoms with Crippen molar-refractivity contribution in [1.82, 2.24) is 0 Å². The van der Waals surface area contributed by atoms with Crippen molar-refractivity contribution in [1.29, 1.82) is 5.26 Å². The molecule has 0 saturated heterocycles. The van der Waals surface area contributed by atoms with Gasteiger partial charge in [0.25, 0.3) is 5.91 Å². The Morgan fingerprint density at radius 3 is 2.47 bits per heavy atom. The number of rotatable bonds is 8. The Kier molecular flexibility index (Phi) is 8.08. The molecule has 4 aromatic rings. The second kappa shape index (κ2) is 11.6. The number of fused-ring (bicyclic) bond motifs is 1. The average Bonchev–Trinajstić information content (AvgIpc) is 2.91. The maximum Gasteiger partial charge on any atom is 0.266 e. The number of nitriles is 1. The summed E-state index contributed by atoms with van der Waals surface area (Å²) in [6.07, 6.45) is 1.52. The van der Waals surface area contributed by atoms with Gasteiger partial charge in [0.15, 0.2) is 11.5 Å². The molecule has 0 radical (unpaired) electrons. The van der Waals surface area contributed by atoms with E-state index in [0.717, 1.165) is 19.9 Å². The fourth-order valence-corrected chi connectivity index (χ4v) is 4.57. The molecule has 180 valence electrons. The van der Waals surface area contributed by atoms with E-state index in [1.807, 2.05) is 36.4 Å². The largest absolute Gasteiger partial charge is 0.495 e. The summed E-state index contributed by atoms with van der Waals surface area (Å²) in [5, 5.41) is 14.7. The summed E-state index contributed by atoms with van der Waals surface area (Å²) in [5.74, 6) is 1.08. The molecule has 0 aliphatic rings. The van der Waals surface area contributed by atoms with E-state index >= 15 is 0 Å². The summed E-state index contributed by atoms with van der Waals surface area (Å²) in [6, 6.07) is 26.9. The molecule has 0 saturated carbocycles. The maximum atomic E-state index is 12.8.